The molecule has 2 fully saturated rings. The standard InChI is InChI=1S/C13H22BrNO/c1-13(6-2-3-7-13)12(16)15-9-10-4-5-11(14)8-10/h10-11H,2-9H2,1H3,(H,15,16). The van der Waals surface area contributed by atoms with E-state index in [-0.39, 0.29) is 5.41 Å². The van der Waals surface area contributed by atoms with Crippen LogP contribution in [0.25, 0.3) is 0 Å². The molecule has 0 aromatic carbocycles. The van der Waals surface area contributed by atoms with Gasteiger partial charge in [0, 0.05) is 16.8 Å². The molecule has 0 spiro atoms. The Kier molecular flexibility index (Phi) is 3.93. The number of rotatable bonds is 3. The highest BCUT2D eigenvalue weighted by Crippen LogP contribution is 2.38. The highest BCUT2D eigenvalue weighted by Gasteiger charge is 2.36. The Balaban J connectivity index is 1.75. The summed E-state index contributed by atoms with van der Waals surface area (Å²) in [7, 11) is 0. The lowest BCUT2D eigenvalue weighted by molar-refractivity contribution is -0.130. The molecule has 16 heavy (non-hydrogen) atoms. The first kappa shape index (κ1) is 12.4. The molecule has 92 valence electrons. The smallest absolute Gasteiger partial charge is 0.225 e. The largest absolute Gasteiger partial charge is 0.355 e. The maximum atomic E-state index is 12.1. The number of carbonyl (C=O) groups is 1. The zero-order valence-electron chi connectivity index (χ0n) is 10.1. The SMILES string of the molecule is CC1(C(=O)NCC2CCC(Br)C2)CCCC1. The maximum Gasteiger partial charge on any atom is 0.225 e. The van der Waals surface area contributed by atoms with E-state index in [9.17, 15) is 4.79 Å². The third-order valence-electron chi connectivity index (χ3n) is 4.28. The number of nitrogens with one attached hydrogen (secondary N) is 1. The lowest BCUT2D eigenvalue weighted by Gasteiger charge is -2.23. The minimum absolute atomic E-state index is 0.0631. The van der Waals surface area contributed by atoms with Gasteiger partial charge in [0.15, 0.2) is 0 Å². The molecule has 2 nitrogen and oxygen atoms in total. The first-order valence-corrected chi connectivity index (χ1v) is 7.44. The lowest BCUT2D eigenvalue weighted by atomic mass is 9.87. The number of halogens is 1. The molecule has 2 unspecified atom stereocenters. The summed E-state index contributed by atoms with van der Waals surface area (Å²) < 4.78 is 0. The molecule has 3 heteroatoms. The van der Waals surface area contributed by atoms with Crippen molar-refractivity contribution in [2.24, 2.45) is 11.3 Å². The fraction of sp³-hybridized carbons (Fsp3) is 0.923. The third-order valence-corrected chi connectivity index (χ3v) is 5.12. The topological polar surface area (TPSA) is 29.1 Å². The highest BCUT2D eigenvalue weighted by atomic mass is 79.9. The van der Waals surface area contributed by atoms with Gasteiger partial charge >= 0.3 is 0 Å². The van der Waals surface area contributed by atoms with Crippen LogP contribution in [0.3, 0.4) is 0 Å². The Bertz CT molecular complexity index is 261. The second-order valence-electron chi connectivity index (χ2n) is 5.75. The minimum atomic E-state index is -0.0631. The van der Waals surface area contributed by atoms with Crippen molar-refractivity contribution < 1.29 is 4.79 Å². The van der Waals surface area contributed by atoms with Crippen molar-refractivity contribution in [3.63, 3.8) is 0 Å². The van der Waals surface area contributed by atoms with Crippen LogP contribution in [-0.4, -0.2) is 17.3 Å². The molecule has 2 atom stereocenters. The molecule has 0 bridgehead atoms. The van der Waals surface area contributed by atoms with Crippen molar-refractivity contribution in [2.45, 2.75) is 56.7 Å². The average molecular weight is 288 g/mol. The summed E-state index contributed by atoms with van der Waals surface area (Å²) in [4.78, 5) is 12.8. The van der Waals surface area contributed by atoms with Crippen molar-refractivity contribution in [1.29, 1.82) is 0 Å². The van der Waals surface area contributed by atoms with Crippen LogP contribution in [0.2, 0.25) is 0 Å². The lowest BCUT2D eigenvalue weighted by Crippen LogP contribution is -2.39. The molecule has 0 radical (unpaired) electrons. The van der Waals surface area contributed by atoms with Gasteiger partial charge in [-0.05, 0) is 38.0 Å². The van der Waals surface area contributed by atoms with Crippen LogP contribution < -0.4 is 5.32 Å². The van der Waals surface area contributed by atoms with E-state index < -0.39 is 0 Å². The summed E-state index contributed by atoms with van der Waals surface area (Å²) in [5, 5.41) is 3.17. The summed E-state index contributed by atoms with van der Waals surface area (Å²) in [6, 6.07) is 0. The van der Waals surface area contributed by atoms with Gasteiger partial charge in [0.25, 0.3) is 0 Å². The van der Waals surface area contributed by atoms with Gasteiger partial charge < -0.3 is 5.32 Å². The van der Waals surface area contributed by atoms with E-state index >= 15 is 0 Å². The summed E-state index contributed by atoms with van der Waals surface area (Å²) >= 11 is 3.65. The van der Waals surface area contributed by atoms with Crippen LogP contribution in [-0.2, 0) is 4.79 Å². The molecule has 0 aromatic heterocycles. The van der Waals surface area contributed by atoms with Crippen molar-refractivity contribution in [3.8, 4) is 0 Å². The Morgan fingerprint density at radius 3 is 2.62 bits per heavy atom. The fourth-order valence-electron chi connectivity index (χ4n) is 3.03. The Labute approximate surface area is 107 Å². The molecule has 1 amide bonds. The van der Waals surface area contributed by atoms with Gasteiger partial charge in [-0.15, -0.1) is 0 Å². The summed E-state index contributed by atoms with van der Waals surface area (Å²) in [6.07, 6.45) is 8.32. The Hall–Kier alpha value is -0.0500. The maximum absolute atomic E-state index is 12.1. The van der Waals surface area contributed by atoms with Crippen LogP contribution in [0, 0.1) is 11.3 Å². The van der Waals surface area contributed by atoms with Crippen LogP contribution in [0.1, 0.15) is 51.9 Å². The zero-order chi connectivity index (χ0) is 11.6. The van der Waals surface area contributed by atoms with E-state index in [0.717, 1.165) is 19.4 Å². The van der Waals surface area contributed by atoms with E-state index in [1.807, 2.05) is 0 Å². The van der Waals surface area contributed by atoms with E-state index in [1.165, 1.54) is 32.1 Å². The van der Waals surface area contributed by atoms with Crippen LogP contribution in [0.4, 0.5) is 0 Å². The average Bonchev–Trinajstić information content (AvgIpc) is 2.85. The first-order chi connectivity index (χ1) is 7.60. The molecule has 2 aliphatic carbocycles. The second-order valence-corrected chi connectivity index (χ2v) is 7.05. The third kappa shape index (κ3) is 2.79. The van der Waals surface area contributed by atoms with Crippen molar-refractivity contribution >= 4 is 21.8 Å². The number of hydrogen-bond acceptors (Lipinski definition) is 1. The number of carbonyl (C=O) groups excluding carboxylic acids is 1. The van der Waals surface area contributed by atoms with Crippen molar-refractivity contribution in [3.05, 3.63) is 0 Å². The number of hydrogen-bond donors (Lipinski definition) is 1. The molecule has 0 aromatic rings. The normalized spacial score (nSPS) is 32.9. The van der Waals surface area contributed by atoms with Crippen molar-refractivity contribution in [1.82, 2.24) is 5.32 Å². The van der Waals surface area contributed by atoms with Crippen LogP contribution >= 0.6 is 15.9 Å². The number of amides is 1. The minimum Gasteiger partial charge on any atom is -0.355 e. The monoisotopic (exact) mass is 287 g/mol. The predicted octanol–water partition coefficient (Wildman–Crippen LogP) is 3.25. The van der Waals surface area contributed by atoms with Gasteiger partial charge in [0.05, 0.1) is 0 Å². The summed E-state index contributed by atoms with van der Waals surface area (Å²) in [5.41, 5.74) is -0.0631. The summed E-state index contributed by atoms with van der Waals surface area (Å²) in [6.45, 7) is 3.01. The molecule has 2 saturated carbocycles. The van der Waals surface area contributed by atoms with Gasteiger partial charge in [-0.1, -0.05) is 35.7 Å². The van der Waals surface area contributed by atoms with Crippen LogP contribution in [0.15, 0.2) is 0 Å². The van der Waals surface area contributed by atoms with E-state index in [2.05, 4.69) is 28.2 Å². The van der Waals surface area contributed by atoms with Gasteiger partial charge in [-0.2, -0.15) is 0 Å². The summed E-state index contributed by atoms with van der Waals surface area (Å²) in [5.74, 6) is 0.987. The molecule has 1 N–H and O–H groups in total. The molecule has 0 aliphatic heterocycles. The van der Waals surface area contributed by atoms with Crippen LogP contribution in [0.5, 0.6) is 0 Å². The predicted molar refractivity (Wildman–Crippen MR) is 69.6 cm³/mol. The molecular weight excluding hydrogens is 266 g/mol. The van der Waals surface area contributed by atoms with E-state index in [0.29, 0.717) is 16.7 Å². The Morgan fingerprint density at radius 2 is 2.06 bits per heavy atom. The molecule has 2 rings (SSSR count). The molecule has 2 aliphatic rings. The van der Waals surface area contributed by atoms with Gasteiger partial charge in [-0.25, -0.2) is 0 Å². The fourth-order valence-corrected chi connectivity index (χ4v) is 3.83. The number of alkyl halides is 1. The Morgan fingerprint density at radius 1 is 1.38 bits per heavy atom. The van der Waals surface area contributed by atoms with Crippen molar-refractivity contribution in [2.75, 3.05) is 6.54 Å². The first-order valence-electron chi connectivity index (χ1n) is 6.52. The highest BCUT2D eigenvalue weighted by molar-refractivity contribution is 9.09. The van der Waals surface area contributed by atoms with E-state index in [1.54, 1.807) is 0 Å². The molecular formula is C13H22BrNO. The molecule has 0 saturated heterocycles. The zero-order valence-corrected chi connectivity index (χ0v) is 11.7. The molecule has 0 heterocycles. The van der Waals surface area contributed by atoms with Gasteiger partial charge in [0.1, 0.15) is 0 Å². The van der Waals surface area contributed by atoms with E-state index in [4.69, 9.17) is 0 Å². The van der Waals surface area contributed by atoms with Gasteiger partial charge in [0.2, 0.25) is 5.91 Å². The van der Waals surface area contributed by atoms with Gasteiger partial charge in [-0.3, -0.25) is 4.79 Å². The second kappa shape index (κ2) is 5.07. The quantitative estimate of drug-likeness (QED) is 0.794.